The SMILES string of the molecule is CCN(C(=O)N[C@@H](C(=O)O)C(C)(C)C)c1ccccc1. The first-order chi connectivity index (χ1) is 9.27. The molecule has 2 N–H and O–H groups in total. The average Bonchev–Trinajstić information content (AvgIpc) is 2.36. The first-order valence-electron chi connectivity index (χ1n) is 6.63. The Bertz CT molecular complexity index is 466. The lowest BCUT2D eigenvalue weighted by Gasteiger charge is -2.30. The molecule has 0 fully saturated rings. The summed E-state index contributed by atoms with van der Waals surface area (Å²) in [5, 5.41) is 11.8. The van der Waals surface area contributed by atoms with Gasteiger partial charge >= 0.3 is 12.0 Å². The maximum Gasteiger partial charge on any atom is 0.326 e. The number of rotatable bonds is 4. The van der Waals surface area contributed by atoms with Crippen LogP contribution in [0.4, 0.5) is 10.5 Å². The Morgan fingerprint density at radius 1 is 1.25 bits per heavy atom. The highest BCUT2D eigenvalue weighted by Gasteiger charge is 2.33. The highest BCUT2D eigenvalue weighted by atomic mass is 16.4. The summed E-state index contributed by atoms with van der Waals surface area (Å²) >= 11 is 0. The van der Waals surface area contributed by atoms with E-state index in [2.05, 4.69) is 5.32 Å². The van der Waals surface area contributed by atoms with Gasteiger partial charge in [-0.25, -0.2) is 9.59 Å². The second-order valence-electron chi connectivity index (χ2n) is 5.67. The fourth-order valence-electron chi connectivity index (χ4n) is 1.90. The van der Waals surface area contributed by atoms with Crippen molar-refractivity contribution in [2.24, 2.45) is 5.41 Å². The number of carbonyl (C=O) groups is 2. The van der Waals surface area contributed by atoms with Crippen LogP contribution in [-0.4, -0.2) is 29.7 Å². The molecule has 0 unspecified atom stereocenters. The second kappa shape index (κ2) is 6.41. The molecule has 0 saturated heterocycles. The van der Waals surface area contributed by atoms with Crippen LogP contribution in [0.1, 0.15) is 27.7 Å². The molecule has 0 bridgehead atoms. The highest BCUT2D eigenvalue weighted by molar-refractivity contribution is 5.94. The zero-order chi connectivity index (χ0) is 15.3. The molecule has 5 heteroatoms. The topological polar surface area (TPSA) is 69.6 Å². The number of anilines is 1. The Balaban J connectivity index is 2.90. The minimum absolute atomic E-state index is 0.402. The monoisotopic (exact) mass is 278 g/mol. The molecule has 5 nitrogen and oxygen atoms in total. The molecule has 0 aromatic heterocycles. The molecule has 110 valence electrons. The summed E-state index contributed by atoms with van der Waals surface area (Å²) in [4.78, 5) is 25.1. The lowest BCUT2D eigenvalue weighted by atomic mass is 9.87. The van der Waals surface area contributed by atoms with Gasteiger partial charge in [-0.3, -0.25) is 4.90 Å². The van der Waals surface area contributed by atoms with Gasteiger partial charge in [0, 0.05) is 12.2 Å². The van der Waals surface area contributed by atoms with Gasteiger partial charge in [-0.05, 0) is 24.5 Å². The minimum atomic E-state index is -1.03. The summed E-state index contributed by atoms with van der Waals surface area (Å²) in [6, 6.07) is 7.83. The smallest absolute Gasteiger partial charge is 0.326 e. The summed E-state index contributed by atoms with van der Waals surface area (Å²) in [6.45, 7) is 7.66. The number of urea groups is 1. The van der Waals surface area contributed by atoms with Crippen LogP contribution >= 0.6 is 0 Å². The van der Waals surface area contributed by atoms with Crippen LogP contribution in [0.25, 0.3) is 0 Å². The molecule has 1 atom stereocenters. The number of nitrogens with zero attached hydrogens (tertiary/aromatic N) is 1. The van der Waals surface area contributed by atoms with E-state index in [1.807, 2.05) is 37.3 Å². The van der Waals surface area contributed by atoms with Crippen molar-refractivity contribution in [3.8, 4) is 0 Å². The van der Waals surface area contributed by atoms with Crippen LogP contribution in [0.3, 0.4) is 0 Å². The molecule has 0 radical (unpaired) electrons. The van der Waals surface area contributed by atoms with E-state index >= 15 is 0 Å². The third-order valence-corrected chi connectivity index (χ3v) is 3.01. The average molecular weight is 278 g/mol. The number of carbonyl (C=O) groups excluding carboxylic acids is 1. The standard InChI is InChI=1S/C15H22N2O3/c1-5-17(11-9-7-6-8-10-11)14(20)16-12(13(18)19)15(2,3)4/h6-10,12H,5H2,1-4H3,(H,16,20)(H,18,19)/t12-/m0/s1. The molecule has 0 spiro atoms. The van der Waals surface area contributed by atoms with Crippen LogP contribution in [0.2, 0.25) is 0 Å². The van der Waals surface area contributed by atoms with E-state index < -0.39 is 23.5 Å². The van der Waals surface area contributed by atoms with E-state index in [0.29, 0.717) is 6.54 Å². The molecular formula is C15H22N2O3. The van der Waals surface area contributed by atoms with Crippen molar-refractivity contribution in [2.45, 2.75) is 33.7 Å². The van der Waals surface area contributed by atoms with E-state index in [1.54, 1.807) is 20.8 Å². The van der Waals surface area contributed by atoms with Gasteiger partial charge in [0.15, 0.2) is 0 Å². The molecule has 1 aromatic rings. The largest absolute Gasteiger partial charge is 0.480 e. The predicted octanol–water partition coefficient (Wildman–Crippen LogP) is 2.72. The van der Waals surface area contributed by atoms with E-state index in [1.165, 1.54) is 4.90 Å². The third kappa shape index (κ3) is 3.98. The van der Waals surface area contributed by atoms with Crippen molar-refractivity contribution in [2.75, 3.05) is 11.4 Å². The summed E-state index contributed by atoms with van der Waals surface area (Å²) in [5.74, 6) is -1.03. The lowest BCUT2D eigenvalue weighted by Crippen LogP contribution is -2.53. The molecule has 0 saturated carbocycles. The van der Waals surface area contributed by atoms with Crippen LogP contribution in [0.5, 0.6) is 0 Å². The predicted molar refractivity (Wildman–Crippen MR) is 78.9 cm³/mol. The Labute approximate surface area is 119 Å². The van der Waals surface area contributed by atoms with Gasteiger partial charge in [0.2, 0.25) is 0 Å². The number of hydrogen-bond donors (Lipinski definition) is 2. The first kappa shape index (κ1) is 16.0. The zero-order valence-electron chi connectivity index (χ0n) is 12.4. The number of hydrogen-bond acceptors (Lipinski definition) is 2. The number of carboxylic acid groups (broad SMARTS) is 1. The molecule has 0 heterocycles. The van der Waals surface area contributed by atoms with E-state index in [4.69, 9.17) is 0 Å². The van der Waals surface area contributed by atoms with Gasteiger partial charge in [0.1, 0.15) is 6.04 Å². The molecule has 0 aliphatic rings. The summed E-state index contributed by atoms with van der Waals surface area (Å²) in [6.07, 6.45) is 0. The maximum absolute atomic E-state index is 12.3. The molecule has 0 aliphatic heterocycles. The van der Waals surface area contributed by atoms with Crippen LogP contribution < -0.4 is 10.2 Å². The van der Waals surface area contributed by atoms with Gasteiger partial charge in [0.25, 0.3) is 0 Å². The number of benzene rings is 1. The lowest BCUT2D eigenvalue weighted by molar-refractivity contribution is -0.141. The van der Waals surface area contributed by atoms with E-state index in [-0.39, 0.29) is 0 Å². The molecule has 20 heavy (non-hydrogen) atoms. The quantitative estimate of drug-likeness (QED) is 0.889. The highest BCUT2D eigenvalue weighted by Crippen LogP contribution is 2.20. The molecule has 1 aromatic carbocycles. The summed E-state index contributed by atoms with van der Waals surface area (Å²) in [5.41, 5.74) is 0.183. The minimum Gasteiger partial charge on any atom is -0.480 e. The molecule has 0 aliphatic carbocycles. The molecule has 1 rings (SSSR count). The van der Waals surface area contributed by atoms with Gasteiger partial charge < -0.3 is 10.4 Å². The number of amides is 2. The van der Waals surface area contributed by atoms with Crippen molar-refractivity contribution in [3.05, 3.63) is 30.3 Å². The number of aliphatic carboxylic acids is 1. The normalized spacial score (nSPS) is 12.6. The van der Waals surface area contributed by atoms with Crippen LogP contribution in [0.15, 0.2) is 30.3 Å². The number of para-hydroxylation sites is 1. The van der Waals surface area contributed by atoms with E-state index in [0.717, 1.165) is 5.69 Å². The summed E-state index contributed by atoms with van der Waals surface area (Å²) < 4.78 is 0. The Hall–Kier alpha value is -2.04. The number of carboxylic acids is 1. The van der Waals surface area contributed by atoms with Gasteiger partial charge in [-0.15, -0.1) is 0 Å². The third-order valence-electron chi connectivity index (χ3n) is 3.01. The van der Waals surface area contributed by atoms with Crippen molar-refractivity contribution < 1.29 is 14.7 Å². The van der Waals surface area contributed by atoms with Crippen molar-refractivity contribution in [1.29, 1.82) is 0 Å². The second-order valence-corrected chi connectivity index (χ2v) is 5.67. The van der Waals surface area contributed by atoms with Crippen molar-refractivity contribution in [3.63, 3.8) is 0 Å². The van der Waals surface area contributed by atoms with Gasteiger partial charge in [0.05, 0.1) is 0 Å². The van der Waals surface area contributed by atoms with E-state index in [9.17, 15) is 14.7 Å². The van der Waals surface area contributed by atoms with Crippen LogP contribution in [0, 0.1) is 5.41 Å². The maximum atomic E-state index is 12.3. The zero-order valence-corrected chi connectivity index (χ0v) is 12.4. The first-order valence-corrected chi connectivity index (χ1v) is 6.63. The van der Waals surface area contributed by atoms with Gasteiger partial charge in [-0.1, -0.05) is 39.0 Å². The molecular weight excluding hydrogens is 256 g/mol. The Morgan fingerprint density at radius 3 is 2.20 bits per heavy atom. The fourth-order valence-corrected chi connectivity index (χ4v) is 1.90. The summed E-state index contributed by atoms with van der Waals surface area (Å²) in [7, 11) is 0. The number of nitrogens with one attached hydrogen (secondary N) is 1. The van der Waals surface area contributed by atoms with Crippen LogP contribution in [-0.2, 0) is 4.79 Å². The Kier molecular flexibility index (Phi) is 5.13. The molecule has 2 amide bonds. The Morgan fingerprint density at radius 2 is 1.80 bits per heavy atom. The fraction of sp³-hybridized carbons (Fsp3) is 0.467. The van der Waals surface area contributed by atoms with Crippen molar-refractivity contribution in [1.82, 2.24) is 5.32 Å². The van der Waals surface area contributed by atoms with Crippen molar-refractivity contribution >= 4 is 17.7 Å². The van der Waals surface area contributed by atoms with Gasteiger partial charge in [-0.2, -0.15) is 0 Å².